The largest absolute Gasteiger partial charge is 0.334 e. The summed E-state index contributed by atoms with van der Waals surface area (Å²) in [6.45, 7) is 4.30. The Labute approximate surface area is 129 Å². The van der Waals surface area contributed by atoms with Crippen LogP contribution in [0.15, 0.2) is 28.7 Å². The molecule has 3 N–H and O–H groups in total. The quantitative estimate of drug-likeness (QED) is 0.870. The Morgan fingerprint density at radius 1 is 1.30 bits per heavy atom. The molecule has 0 heterocycles. The third-order valence-electron chi connectivity index (χ3n) is 4.24. The lowest BCUT2D eigenvalue weighted by Gasteiger charge is -2.28. The van der Waals surface area contributed by atoms with Crippen molar-refractivity contribution in [2.75, 3.05) is 5.32 Å². The van der Waals surface area contributed by atoms with Gasteiger partial charge in [0.25, 0.3) is 5.91 Å². The zero-order valence-electron chi connectivity index (χ0n) is 12.2. The van der Waals surface area contributed by atoms with Gasteiger partial charge in [0.1, 0.15) is 0 Å². The Balaban J connectivity index is 1.86. The number of rotatable bonds is 4. The number of hydrogen-bond acceptors (Lipinski definition) is 1. The summed E-state index contributed by atoms with van der Waals surface area (Å²) in [6.07, 6.45) is 5.16. The summed E-state index contributed by atoms with van der Waals surface area (Å²) in [5, 5.41) is 5.23. The monoisotopic (exact) mass is 339 g/mol. The number of benzene rings is 1. The van der Waals surface area contributed by atoms with E-state index in [0.717, 1.165) is 10.2 Å². The number of quaternary nitrogens is 1. The molecule has 1 aromatic rings. The van der Waals surface area contributed by atoms with Gasteiger partial charge in [-0.2, -0.15) is 0 Å². The maximum absolute atomic E-state index is 12.2. The fourth-order valence-corrected chi connectivity index (χ4v) is 3.14. The summed E-state index contributed by atoms with van der Waals surface area (Å²) in [4.78, 5) is 12.2. The molecular weight excluding hydrogens is 316 g/mol. The second kappa shape index (κ2) is 7.23. The molecule has 0 bridgehead atoms. The molecular formula is C16H24BrN2O+. The van der Waals surface area contributed by atoms with Gasteiger partial charge in [0, 0.05) is 16.1 Å². The highest BCUT2D eigenvalue weighted by Gasteiger charge is 2.28. The van der Waals surface area contributed by atoms with E-state index >= 15 is 0 Å². The number of amides is 1. The van der Waals surface area contributed by atoms with E-state index in [9.17, 15) is 4.79 Å². The number of nitrogens with one attached hydrogen (secondary N) is 1. The van der Waals surface area contributed by atoms with Crippen molar-refractivity contribution in [3.05, 3.63) is 28.7 Å². The lowest BCUT2D eigenvalue weighted by atomic mass is 9.85. The molecule has 1 aromatic carbocycles. The summed E-state index contributed by atoms with van der Waals surface area (Å²) >= 11 is 3.39. The van der Waals surface area contributed by atoms with Gasteiger partial charge in [-0.3, -0.25) is 4.79 Å². The van der Waals surface area contributed by atoms with Crippen molar-refractivity contribution in [3.8, 4) is 0 Å². The van der Waals surface area contributed by atoms with Gasteiger partial charge in [0.15, 0.2) is 6.04 Å². The molecule has 110 valence electrons. The predicted octanol–water partition coefficient (Wildman–Crippen LogP) is 2.92. The zero-order valence-corrected chi connectivity index (χ0v) is 13.8. The topological polar surface area (TPSA) is 45.7 Å². The molecule has 2 rings (SSSR count). The van der Waals surface area contributed by atoms with Gasteiger partial charge < -0.3 is 10.6 Å². The minimum Gasteiger partial charge on any atom is -0.334 e. The highest BCUT2D eigenvalue weighted by Crippen LogP contribution is 2.21. The molecule has 0 spiro atoms. The van der Waals surface area contributed by atoms with Crippen LogP contribution in [0.5, 0.6) is 0 Å². The smallest absolute Gasteiger partial charge is 0.282 e. The molecule has 1 amide bonds. The van der Waals surface area contributed by atoms with Gasteiger partial charge in [-0.05, 0) is 50.5 Å². The van der Waals surface area contributed by atoms with Crippen LogP contribution in [0.4, 0.5) is 5.69 Å². The number of hydrogen-bond donors (Lipinski definition) is 2. The molecule has 0 unspecified atom stereocenters. The molecule has 20 heavy (non-hydrogen) atoms. The fourth-order valence-electron chi connectivity index (χ4n) is 2.88. The van der Waals surface area contributed by atoms with Crippen molar-refractivity contribution in [3.63, 3.8) is 0 Å². The van der Waals surface area contributed by atoms with Gasteiger partial charge >= 0.3 is 0 Å². The Hall–Kier alpha value is -0.870. The van der Waals surface area contributed by atoms with Crippen molar-refractivity contribution >= 4 is 27.5 Å². The van der Waals surface area contributed by atoms with E-state index in [0.29, 0.717) is 12.0 Å². The van der Waals surface area contributed by atoms with Gasteiger partial charge in [-0.25, -0.2) is 0 Å². The van der Waals surface area contributed by atoms with E-state index < -0.39 is 0 Å². The summed E-state index contributed by atoms with van der Waals surface area (Å²) in [5.74, 6) is 0.803. The lowest BCUT2D eigenvalue weighted by molar-refractivity contribution is -0.714. The summed E-state index contributed by atoms with van der Waals surface area (Å²) in [6, 6.07) is 8.26. The van der Waals surface area contributed by atoms with Crippen LogP contribution in [0.25, 0.3) is 0 Å². The second-order valence-corrected chi connectivity index (χ2v) is 6.82. The van der Waals surface area contributed by atoms with Crippen molar-refractivity contribution in [1.29, 1.82) is 0 Å². The van der Waals surface area contributed by atoms with Crippen LogP contribution in [-0.2, 0) is 4.79 Å². The first-order chi connectivity index (χ1) is 9.56. The molecule has 0 aromatic heterocycles. The van der Waals surface area contributed by atoms with Crippen LogP contribution in [0.2, 0.25) is 0 Å². The Morgan fingerprint density at radius 2 is 1.95 bits per heavy atom. The van der Waals surface area contributed by atoms with Crippen LogP contribution in [-0.4, -0.2) is 18.0 Å². The van der Waals surface area contributed by atoms with E-state index in [2.05, 4.69) is 33.5 Å². The average molecular weight is 340 g/mol. The van der Waals surface area contributed by atoms with E-state index in [1.807, 2.05) is 31.2 Å². The van der Waals surface area contributed by atoms with Gasteiger partial charge in [-0.1, -0.05) is 29.3 Å². The number of carbonyl (C=O) groups is 1. The Morgan fingerprint density at radius 3 is 2.60 bits per heavy atom. The van der Waals surface area contributed by atoms with Crippen LogP contribution in [0.3, 0.4) is 0 Å². The van der Waals surface area contributed by atoms with E-state index in [1.54, 1.807) is 0 Å². The van der Waals surface area contributed by atoms with Gasteiger partial charge in [-0.15, -0.1) is 0 Å². The van der Waals surface area contributed by atoms with Crippen LogP contribution in [0.1, 0.15) is 39.5 Å². The molecule has 0 saturated heterocycles. The van der Waals surface area contributed by atoms with Crippen molar-refractivity contribution in [2.45, 2.75) is 51.6 Å². The molecule has 1 fully saturated rings. The van der Waals surface area contributed by atoms with Gasteiger partial charge in [0.2, 0.25) is 0 Å². The van der Waals surface area contributed by atoms with Crippen molar-refractivity contribution < 1.29 is 10.1 Å². The number of nitrogens with two attached hydrogens (primary N) is 1. The highest BCUT2D eigenvalue weighted by molar-refractivity contribution is 9.10. The normalized spacial score (nSPS) is 24.1. The molecule has 1 aliphatic carbocycles. The van der Waals surface area contributed by atoms with E-state index in [4.69, 9.17) is 0 Å². The standard InChI is InChI=1S/C16H23BrN2O/c1-11-5-3-4-6-15(11)18-12(2)16(20)19-14-9-7-13(17)8-10-14/h7-12,15,18H,3-6H2,1-2H3,(H,19,20)/p+1/t11-,12+,15-/m1/s1. The maximum Gasteiger partial charge on any atom is 0.282 e. The molecule has 1 aliphatic rings. The minimum absolute atomic E-state index is 0.0378. The first-order valence-corrected chi connectivity index (χ1v) is 8.27. The Kier molecular flexibility index (Phi) is 5.61. The van der Waals surface area contributed by atoms with Crippen LogP contribution < -0.4 is 10.6 Å². The van der Waals surface area contributed by atoms with Crippen molar-refractivity contribution in [1.82, 2.24) is 0 Å². The summed E-state index contributed by atoms with van der Waals surface area (Å²) in [7, 11) is 0. The third-order valence-corrected chi connectivity index (χ3v) is 4.77. The highest BCUT2D eigenvalue weighted by atomic mass is 79.9. The molecule has 3 nitrogen and oxygen atoms in total. The minimum atomic E-state index is -0.0378. The second-order valence-electron chi connectivity index (χ2n) is 5.90. The van der Waals surface area contributed by atoms with Crippen LogP contribution in [0, 0.1) is 5.92 Å². The lowest BCUT2D eigenvalue weighted by Crippen LogP contribution is -2.97. The van der Waals surface area contributed by atoms with Crippen LogP contribution >= 0.6 is 15.9 Å². The van der Waals surface area contributed by atoms with E-state index in [1.165, 1.54) is 25.7 Å². The maximum atomic E-state index is 12.2. The van der Waals surface area contributed by atoms with Crippen molar-refractivity contribution in [2.24, 2.45) is 5.92 Å². The number of halogens is 1. The molecule has 1 saturated carbocycles. The first-order valence-electron chi connectivity index (χ1n) is 7.47. The molecule has 0 aliphatic heterocycles. The molecule has 4 heteroatoms. The zero-order chi connectivity index (χ0) is 14.5. The average Bonchev–Trinajstić information content (AvgIpc) is 2.44. The number of anilines is 1. The van der Waals surface area contributed by atoms with Gasteiger partial charge in [0.05, 0.1) is 6.04 Å². The SMILES string of the molecule is C[C@H]([NH2+][C@@H]1CCCC[C@H]1C)C(=O)Nc1ccc(Br)cc1. The Bertz CT molecular complexity index is 446. The first kappa shape index (κ1) is 15.5. The summed E-state index contributed by atoms with van der Waals surface area (Å²) < 4.78 is 1.02. The number of carbonyl (C=O) groups excluding carboxylic acids is 1. The molecule has 0 radical (unpaired) electrons. The third kappa shape index (κ3) is 4.32. The molecule has 3 atom stereocenters. The summed E-state index contributed by atoms with van der Waals surface area (Å²) in [5.41, 5.74) is 0.857. The van der Waals surface area contributed by atoms with E-state index in [-0.39, 0.29) is 11.9 Å². The fraction of sp³-hybridized carbons (Fsp3) is 0.562. The predicted molar refractivity (Wildman–Crippen MR) is 85.6 cm³/mol.